The molecule has 2 rings (SSSR count). The summed E-state index contributed by atoms with van der Waals surface area (Å²) in [7, 11) is 1.50. The van der Waals surface area contributed by atoms with Crippen LogP contribution in [0, 0.1) is 6.92 Å². The summed E-state index contributed by atoms with van der Waals surface area (Å²) in [5.74, 6) is 0.492. The highest BCUT2D eigenvalue weighted by Gasteiger charge is 2.12. The fraction of sp³-hybridized carbons (Fsp3) is 0.167. The molecular weight excluding hydrogens is 236 g/mol. The maximum Gasteiger partial charge on any atom is 0.360 e. The van der Waals surface area contributed by atoms with Gasteiger partial charge in [0.2, 0.25) is 6.41 Å². The Bertz CT molecular complexity index is 676. The number of anilines is 2. The molecule has 6 nitrogen and oxygen atoms in total. The van der Waals surface area contributed by atoms with Crippen LogP contribution >= 0.6 is 0 Å². The van der Waals surface area contributed by atoms with Gasteiger partial charge in [0.15, 0.2) is 0 Å². The summed E-state index contributed by atoms with van der Waals surface area (Å²) in [6, 6.07) is 3.17. The fourth-order valence-electron chi connectivity index (χ4n) is 1.75. The first kappa shape index (κ1) is 12.0. The van der Waals surface area contributed by atoms with Gasteiger partial charge in [-0.05, 0) is 19.1 Å². The largest absolute Gasteiger partial charge is 0.495 e. The quantitative estimate of drug-likeness (QED) is 0.484. The summed E-state index contributed by atoms with van der Waals surface area (Å²) in [6.07, 6.45) is 0.416. The van der Waals surface area contributed by atoms with E-state index in [1.807, 2.05) is 0 Å². The molecule has 0 unspecified atom stereocenters. The molecule has 18 heavy (non-hydrogen) atoms. The van der Waals surface area contributed by atoms with Crippen LogP contribution in [0.25, 0.3) is 11.0 Å². The lowest BCUT2D eigenvalue weighted by Crippen LogP contribution is -2.09. The smallest absolute Gasteiger partial charge is 0.360 e. The van der Waals surface area contributed by atoms with E-state index in [9.17, 15) is 9.59 Å². The van der Waals surface area contributed by atoms with E-state index in [0.29, 0.717) is 34.4 Å². The first-order valence-electron chi connectivity index (χ1n) is 5.19. The molecule has 0 spiro atoms. The second-order valence-corrected chi connectivity index (χ2v) is 3.75. The van der Waals surface area contributed by atoms with Gasteiger partial charge in [0, 0.05) is 10.9 Å². The van der Waals surface area contributed by atoms with Crippen molar-refractivity contribution in [2.75, 3.05) is 18.2 Å². The summed E-state index contributed by atoms with van der Waals surface area (Å²) in [5.41, 5.74) is 6.73. The number of methoxy groups -OCH3 is 1. The minimum absolute atomic E-state index is 0.0729. The number of nitrogen functional groups attached to an aromatic ring is 1. The van der Waals surface area contributed by atoms with Gasteiger partial charge in [0.25, 0.3) is 0 Å². The van der Waals surface area contributed by atoms with Crippen molar-refractivity contribution in [2.45, 2.75) is 6.92 Å². The molecule has 0 saturated heterocycles. The van der Waals surface area contributed by atoms with Gasteiger partial charge in [-0.25, -0.2) is 4.79 Å². The Labute approximate surface area is 102 Å². The zero-order chi connectivity index (χ0) is 13.3. The molecule has 1 heterocycles. The molecule has 0 aliphatic heterocycles. The third-order valence-electron chi connectivity index (χ3n) is 2.71. The molecule has 1 aromatic carbocycles. The molecule has 1 amide bonds. The van der Waals surface area contributed by atoms with Crippen LogP contribution in [0.2, 0.25) is 0 Å². The van der Waals surface area contributed by atoms with Crippen molar-refractivity contribution in [3.63, 3.8) is 0 Å². The van der Waals surface area contributed by atoms with Crippen LogP contribution in [0.3, 0.4) is 0 Å². The van der Waals surface area contributed by atoms with Crippen molar-refractivity contribution >= 4 is 28.8 Å². The number of fused-ring (bicyclic) bond motifs is 1. The molecular formula is C12H12N2O4. The topological polar surface area (TPSA) is 94.6 Å². The summed E-state index contributed by atoms with van der Waals surface area (Å²) in [5, 5.41) is 2.91. The number of hydrogen-bond acceptors (Lipinski definition) is 5. The number of nitrogens with two attached hydrogens (primary N) is 1. The minimum atomic E-state index is -0.623. The Hall–Kier alpha value is -2.50. The predicted octanol–water partition coefficient (Wildman–Crippen LogP) is 1.26. The van der Waals surface area contributed by atoms with Crippen molar-refractivity contribution in [1.82, 2.24) is 0 Å². The van der Waals surface area contributed by atoms with E-state index in [4.69, 9.17) is 14.9 Å². The number of aryl methyl sites for hydroxylation is 1. The Morgan fingerprint density at radius 3 is 2.78 bits per heavy atom. The standard InChI is InChI=1S/C12H12N2O4/c1-6-10(13)9(17-2)4-7-3-8(14-5-15)12(16)18-11(6)7/h3-5H,13H2,1-2H3,(H,14,15). The predicted molar refractivity (Wildman–Crippen MR) is 67.9 cm³/mol. The molecule has 0 radical (unpaired) electrons. The first-order chi connectivity index (χ1) is 8.58. The number of carbonyl (C=O) groups is 1. The van der Waals surface area contributed by atoms with E-state index in [0.717, 1.165) is 0 Å². The molecule has 0 saturated carbocycles. The maximum absolute atomic E-state index is 11.6. The SMILES string of the molecule is COc1cc2cc(NC=O)c(=O)oc2c(C)c1N. The summed E-state index contributed by atoms with van der Waals surface area (Å²) in [4.78, 5) is 22.0. The number of hydrogen-bond donors (Lipinski definition) is 2. The Kier molecular flexibility index (Phi) is 2.93. The molecule has 3 N–H and O–H groups in total. The maximum atomic E-state index is 11.6. The highest BCUT2D eigenvalue weighted by molar-refractivity contribution is 5.90. The zero-order valence-corrected chi connectivity index (χ0v) is 9.94. The van der Waals surface area contributed by atoms with Gasteiger partial charge in [-0.1, -0.05) is 0 Å². The monoisotopic (exact) mass is 248 g/mol. The molecule has 0 bridgehead atoms. The lowest BCUT2D eigenvalue weighted by atomic mass is 10.1. The van der Waals surface area contributed by atoms with Gasteiger partial charge < -0.3 is 20.2 Å². The molecule has 2 aromatic rings. The minimum Gasteiger partial charge on any atom is -0.495 e. The van der Waals surface area contributed by atoms with Gasteiger partial charge in [0.1, 0.15) is 17.0 Å². The lowest BCUT2D eigenvalue weighted by molar-refractivity contribution is -0.105. The summed E-state index contributed by atoms with van der Waals surface area (Å²) < 4.78 is 10.3. The molecule has 0 aliphatic carbocycles. The Morgan fingerprint density at radius 2 is 2.17 bits per heavy atom. The van der Waals surface area contributed by atoms with Gasteiger partial charge in [-0.15, -0.1) is 0 Å². The van der Waals surface area contributed by atoms with Gasteiger partial charge in [-0.3, -0.25) is 4.79 Å². The lowest BCUT2D eigenvalue weighted by Gasteiger charge is -2.10. The average molecular weight is 248 g/mol. The van der Waals surface area contributed by atoms with Crippen LogP contribution in [-0.4, -0.2) is 13.5 Å². The molecule has 0 fully saturated rings. The third kappa shape index (κ3) is 1.77. The van der Waals surface area contributed by atoms with Crippen LogP contribution in [0.15, 0.2) is 21.3 Å². The fourth-order valence-corrected chi connectivity index (χ4v) is 1.75. The Morgan fingerprint density at radius 1 is 1.44 bits per heavy atom. The van der Waals surface area contributed by atoms with Crippen molar-refractivity contribution in [3.8, 4) is 5.75 Å². The van der Waals surface area contributed by atoms with Crippen LogP contribution in [0.4, 0.5) is 11.4 Å². The van der Waals surface area contributed by atoms with Crippen molar-refractivity contribution in [2.24, 2.45) is 0 Å². The van der Waals surface area contributed by atoms with Gasteiger partial charge in [-0.2, -0.15) is 0 Å². The van der Waals surface area contributed by atoms with Crippen LogP contribution in [-0.2, 0) is 4.79 Å². The van der Waals surface area contributed by atoms with E-state index in [1.54, 1.807) is 13.0 Å². The second-order valence-electron chi connectivity index (χ2n) is 3.75. The molecule has 0 atom stereocenters. The molecule has 94 valence electrons. The molecule has 6 heteroatoms. The highest BCUT2D eigenvalue weighted by atomic mass is 16.5. The van der Waals surface area contributed by atoms with E-state index in [1.165, 1.54) is 13.2 Å². The normalized spacial score (nSPS) is 10.3. The number of ether oxygens (including phenoxy) is 1. The summed E-state index contributed by atoms with van der Waals surface area (Å²) >= 11 is 0. The van der Waals surface area contributed by atoms with Crippen LogP contribution < -0.4 is 21.4 Å². The highest BCUT2D eigenvalue weighted by Crippen LogP contribution is 2.32. The van der Waals surface area contributed by atoms with E-state index in [2.05, 4.69) is 5.32 Å². The molecule has 1 aromatic heterocycles. The van der Waals surface area contributed by atoms with Crippen LogP contribution in [0.1, 0.15) is 5.56 Å². The molecule has 0 aliphatic rings. The number of nitrogens with one attached hydrogen (secondary N) is 1. The van der Waals surface area contributed by atoms with E-state index >= 15 is 0 Å². The van der Waals surface area contributed by atoms with E-state index in [-0.39, 0.29) is 5.69 Å². The third-order valence-corrected chi connectivity index (χ3v) is 2.71. The van der Waals surface area contributed by atoms with Crippen molar-refractivity contribution in [1.29, 1.82) is 0 Å². The number of rotatable bonds is 3. The summed E-state index contributed by atoms with van der Waals surface area (Å²) in [6.45, 7) is 1.73. The number of amides is 1. The van der Waals surface area contributed by atoms with Crippen molar-refractivity contribution in [3.05, 3.63) is 28.1 Å². The number of benzene rings is 1. The van der Waals surface area contributed by atoms with Crippen LogP contribution in [0.5, 0.6) is 5.75 Å². The van der Waals surface area contributed by atoms with Gasteiger partial charge >= 0.3 is 5.63 Å². The van der Waals surface area contributed by atoms with Gasteiger partial charge in [0.05, 0.1) is 12.8 Å². The Balaban J connectivity index is 2.81. The van der Waals surface area contributed by atoms with Crippen molar-refractivity contribution < 1.29 is 13.9 Å². The number of carbonyl (C=O) groups excluding carboxylic acids is 1. The average Bonchev–Trinajstić information content (AvgIpc) is 2.36. The zero-order valence-electron chi connectivity index (χ0n) is 9.94. The van der Waals surface area contributed by atoms with E-state index < -0.39 is 5.63 Å². The second kappa shape index (κ2) is 4.40. The first-order valence-corrected chi connectivity index (χ1v) is 5.19.